The highest BCUT2D eigenvalue weighted by molar-refractivity contribution is 5.76. The Kier molecular flexibility index (Phi) is 5.77. The van der Waals surface area contributed by atoms with E-state index in [4.69, 9.17) is 9.47 Å². The minimum absolute atomic E-state index is 0.132. The van der Waals surface area contributed by atoms with Gasteiger partial charge in [0.05, 0.1) is 13.7 Å². The van der Waals surface area contributed by atoms with Gasteiger partial charge in [0.2, 0.25) is 0 Å². The molecule has 0 aliphatic heterocycles. The van der Waals surface area contributed by atoms with Crippen LogP contribution in [0.15, 0.2) is 0 Å². The SMILES string of the molecule is COC(=O)C(NCCOCC(C)C)C1CC1. The van der Waals surface area contributed by atoms with Crippen LogP contribution in [0.5, 0.6) is 0 Å². The Morgan fingerprint density at radius 1 is 1.44 bits per heavy atom. The van der Waals surface area contributed by atoms with Gasteiger partial charge in [-0.1, -0.05) is 13.8 Å². The second-order valence-corrected chi connectivity index (χ2v) is 4.76. The Hall–Kier alpha value is -0.610. The van der Waals surface area contributed by atoms with Gasteiger partial charge in [0.1, 0.15) is 6.04 Å². The van der Waals surface area contributed by atoms with Crippen molar-refractivity contribution in [3.05, 3.63) is 0 Å². The van der Waals surface area contributed by atoms with Gasteiger partial charge in [0, 0.05) is 13.2 Å². The number of rotatable bonds is 8. The van der Waals surface area contributed by atoms with Gasteiger partial charge >= 0.3 is 5.97 Å². The fraction of sp³-hybridized carbons (Fsp3) is 0.917. The first-order valence-electron chi connectivity index (χ1n) is 6.04. The molecule has 0 spiro atoms. The van der Waals surface area contributed by atoms with Gasteiger partial charge in [-0.2, -0.15) is 0 Å². The van der Waals surface area contributed by atoms with Crippen molar-refractivity contribution in [1.82, 2.24) is 5.32 Å². The van der Waals surface area contributed by atoms with E-state index < -0.39 is 0 Å². The number of hydrogen-bond donors (Lipinski definition) is 1. The lowest BCUT2D eigenvalue weighted by Crippen LogP contribution is -2.41. The first kappa shape index (κ1) is 13.5. The van der Waals surface area contributed by atoms with E-state index in [0.717, 1.165) is 19.4 Å². The van der Waals surface area contributed by atoms with Gasteiger partial charge < -0.3 is 14.8 Å². The monoisotopic (exact) mass is 229 g/mol. The molecule has 1 rings (SSSR count). The molecule has 4 nitrogen and oxygen atoms in total. The van der Waals surface area contributed by atoms with Crippen LogP contribution in [0.3, 0.4) is 0 Å². The molecule has 1 atom stereocenters. The van der Waals surface area contributed by atoms with E-state index in [9.17, 15) is 4.79 Å². The molecule has 0 amide bonds. The summed E-state index contributed by atoms with van der Waals surface area (Å²) in [6.07, 6.45) is 2.25. The number of esters is 1. The molecule has 0 aromatic heterocycles. The van der Waals surface area contributed by atoms with Gasteiger partial charge in [-0.3, -0.25) is 4.79 Å². The Morgan fingerprint density at radius 2 is 2.12 bits per heavy atom. The number of hydrogen-bond acceptors (Lipinski definition) is 4. The molecule has 16 heavy (non-hydrogen) atoms. The maximum atomic E-state index is 11.4. The quantitative estimate of drug-likeness (QED) is 0.502. The van der Waals surface area contributed by atoms with Crippen LogP contribution in [0.4, 0.5) is 0 Å². The van der Waals surface area contributed by atoms with Crippen molar-refractivity contribution in [3.8, 4) is 0 Å². The zero-order valence-electron chi connectivity index (χ0n) is 10.5. The van der Waals surface area contributed by atoms with E-state index in [-0.39, 0.29) is 12.0 Å². The van der Waals surface area contributed by atoms with Crippen molar-refractivity contribution in [2.24, 2.45) is 11.8 Å². The van der Waals surface area contributed by atoms with E-state index in [2.05, 4.69) is 19.2 Å². The second-order valence-electron chi connectivity index (χ2n) is 4.76. The normalized spacial score (nSPS) is 17.5. The smallest absolute Gasteiger partial charge is 0.323 e. The minimum Gasteiger partial charge on any atom is -0.468 e. The third-order valence-electron chi connectivity index (χ3n) is 2.61. The highest BCUT2D eigenvalue weighted by atomic mass is 16.5. The average molecular weight is 229 g/mol. The molecule has 0 bridgehead atoms. The molecular formula is C12H23NO3. The number of nitrogens with one attached hydrogen (secondary N) is 1. The summed E-state index contributed by atoms with van der Waals surface area (Å²) in [7, 11) is 1.44. The Bertz CT molecular complexity index is 214. The van der Waals surface area contributed by atoms with Crippen LogP contribution in [0.1, 0.15) is 26.7 Å². The molecule has 1 fully saturated rings. The topological polar surface area (TPSA) is 47.6 Å². The molecule has 1 aliphatic carbocycles. The van der Waals surface area contributed by atoms with Crippen molar-refractivity contribution in [1.29, 1.82) is 0 Å². The molecule has 1 unspecified atom stereocenters. The fourth-order valence-corrected chi connectivity index (χ4v) is 1.60. The largest absolute Gasteiger partial charge is 0.468 e. The van der Waals surface area contributed by atoms with Crippen LogP contribution in [-0.2, 0) is 14.3 Å². The molecule has 4 heteroatoms. The Morgan fingerprint density at radius 3 is 2.62 bits per heavy atom. The maximum absolute atomic E-state index is 11.4. The summed E-state index contributed by atoms with van der Waals surface area (Å²) in [5, 5.41) is 3.21. The van der Waals surface area contributed by atoms with E-state index in [1.165, 1.54) is 7.11 Å². The number of methoxy groups -OCH3 is 1. The van der Waals surface area contributed by atoms with Crippen LogP contribution in [0.25, 0.3) is 0 Å². The van der Waals surface area contributed by atoms with E-state index >= 15 is 0 Å². The molecule has 0 aromatic rings. The molecular weight excluding hydrogens is 206 g/mol. The van der Waals surface area contributed by atoms with E-state index in [1.54, 1.807) is 0 Å². The molecule has 1 N–H and O–H groups in total. The van der Waals surface area contributed by atoms with Gasteiger partial charge in [0.15, 0.2) is 0 Å². The summed E-state index contributed by atoms with van der Waals surface area (Å²) >= 11 is 0. The first-order valence-corrected chi connectivity index (χ1v) is 6.04. The maximum Gasteiger partial charge on any atom is 0.323 e. The van der Waals surface area contributed by atoms with Crippen LogP contribution >= 0.6 is 0 Å². The fourth-order valence-electron chi connectivity index (χ4n) is 1.60. The molecule has 0 saturated heterocycles. The zero-order chi connectivity index (χ0) is 12.0. The van der Waals surface area contributed by atoms with Gasteiger partial charge in [-0.15, -0.1) is 0 Å². The van der Waals surface area contributed by atoms with Crippen LogP contribution in [0.2, 0.25) is 0 Å². The molecule has 1 aliphatic rings. The Balaban J connectivity index is 2.11. The lowest BCUT2D eigenvalue weighted by molar-refractivity contribution is -0.143. The van der Waals surface area contributed by atoms with Crippen molar-refractivity contribution in [2.75, 3.05) is 26.9 Å². The summed E-state index contributed by atoms with van der Waals surface area (Å²) in [6, 6.07) is -0.132. The molecule has 0 aromatic carbocycles. The van der Waals surface area contributed by atoms with Crippen LogP contribution in [0, 0.1) is 11.8 Å². The van der Waals surface area contributed by atoms with E-state index in [0.29, 0.717) is 25.0 Å². The van der Waals surface area contributed by atoms with Crippen LogP contribution < -0.4 is 5.32 Å². The second kappa shape index (κ2) is 6.86. The van der Waals surface area contributed by atoms with Crippen LogP contribution in [-0.4, -0.2) is 38.9 Å². The third-order valence-corrected chi connectivity index (χ3v) is 2.61. The Labute approximate surface area is 97.7 Å². The highest BCUT2D eigenvalue weighted by Crippen LogP contribution is 2.32. The van der Waals surface area contributed by atoms with E-state index in [1.807, 2.05) is 0 Å². The summed E-state index contributed by atoms with van der Waals surface area (Å²) in [4.78, 5) is 11.4. The summed E-state index contributed by atoms with van der Waals surface area (Å²) < 4.78 is 10.2. The van der Waals surface area contributed by atoms with Gasteiger partial charge in [0.25, 0.3) is 0 Å². The van der Waals surface area contributed by atoms with Crippen molar-refractivity contribution in [3.63, 3.8) is 0 Å². The molecule has 1 saturated carbocycles. The van der Waals surface area contributed by atoms with Gasteiger partial charge in [-0.05, 0) is 24.7 Å². The first-order chi connectivity index (χ1) is 7.65. The number of ether oxygens (including phenoxy) is 2. The molecule has 94 valence electrons. The van der Waals surface area contributed by atoms with Gasteiger partial charge in [-0.25, -0.2) is 0 Å². The van der Waals surface area contributed by atoms with Crippen molar-refractivity contribution >= 4 is 5.97 Å². The third kappa shape index (κ3) is 4.94. The highest BCUT2D eigenvalue weighted by Gasteiger charge is 2.36. The van der Waals surface area contributed by atoms with Crippen molar-refractivity contribution < 1.29 is 14.3 Å². The number of carbonyl (C=O) groups excluding carboxylic acids is 1. The van der Waals surface area contributed by atoms with Crippen molar-refractivity contribution in [2.45, 2.75) is 32.7 Å². The molecule has 0 heterocycles. The zero-order valence-corrected chi connectivity index (χ0v) is 10.5. The predicted molar refractivity (Wildman–Crippen MR) is 62.2 cm³/mol. The number of carbonyl (C=O) groups is 1. The standard InChI is InChI=1S/C12H23NO3/c1-9(2)8-16-7-6-13-11(10-4-5-10)12(14)15-3/h9-11,13H,4-8H2,1-3H3. The molecule has 0 radical (unpaired) electrons. The minimum atomic E-state index is -0.147. The summed E-state index contributed by atoms with van der Waals surface area (Å²) in [5.41, 5.74) is 0. The lowest BCUT2D eigenvalue weighted by Gasteiger charge is -2.15. The average Bonchev–Trinajstić information content (AvgIpc) is 3.05. The predicted octanol–water partition coefficient (Wildman–Crippen LogP) is 1.20. The summed E-state index contributed by atoms with van der Waals surface area (Å²) in [6.45, 7) is 6.37. The summed E-state index contributed by atoms with van der Waals surface area (Å²) in [5.74, 6) is 0.878. The lowest BCUT2D eigenvalue weighted by atomic mass is 10.2.